The Hall–Kier alpha value is -0.976. The molecule has 0 nitrogen and oxygen atoms in total. The smallest absolute Gasteiger partial charge is 0.226 e. The van der Waals surface area contributed by atoms with Crippen LogP contribution in [0, 0.1) is 26.0 Å². The minimum absolute atomic E-state index is 0. The van der Waals surface area contributed by atoms with Gasteiger partial charge in [-0.2, -0.15) is 36.4 Å². The summed E-state index contributed by atoms with van der Waals surface area (Å²) in [5.41, 5.74) is 4.69. The van der Waals surface area contributed by atoms with Crippen LogP contribution >= 0.6 is 0 Å². The first-order valence-electron chi connectivity index (χ1n) is 4.73. The second kappa shape index (κ2) is 5.20. The second-order valence-electron chi connectivity index (χ2n) is 3.53. The monoisotopic (exact) mass is 231 g/mol. The molecule has 15 heavy (non-hydrogen) atoms. The Kier molecular flexibility index (Phi) is 4.20. The topological polar surface area (TPSA) is 0 Å². The molecule has 2 rings (SSSR count). The fourth-order valence-corrected chi connectivity index (χ4v) is 1.60. The van der Waals surface area contributed by atoms with Gasteiger partial charge in [-0.1, -0.05) is 13.8 Å². The van der Waals surface area contributed by atoms with E-state index in [0.717, 1.165) is 11.1 Å². The summed E-state index contributed by atoms with van der Waals surface area (Å²) < 4.78 is 0. The zero-order valence-corrected chi connectivity index (χ0v) is 10.3. The molecule has 2 aromatic carbocycles. The molecule has 0 saturated carbocycles. The van der Waals surface area contributed by atoms with Crippen LogP contribution in [0.25, 0.3) is 11.1 Å². The molecule has 0 saturated heterocycles. The maximum Gasteiger partial charge on any atom is 2.00 e. The molecule has 0 bridgehead atoms. The fraction of sp³-hybridized carbons (Fsp3) is 0.143. The van der Waals surface area contributed by atoms with Gasteiger partial charge in [-0.05, 0) is 0 Å². The third-order valence-corrected chi connectivity index (χ3v) is 2.15. The Morgan fingerprint density at radius 2 is 1.80 bits per heavy atom. The molecular formula is C14H12V. The van der Waals surface area contributed by atoms with Crippen LogP contribution in [0.4, 0.5) is 0 Å². The van der Waals surface area contributed by atoms with Crippen LogP contribution in [0.1, 0.15) is 11.1 Å². The normalized spacial score (nSPS) is 9.47. The van der Waals surface area contributed by atoms with Gasteiger partial charge in [0, 0.05) is 0 Å². The van der Waals surface area contributed by atoms with Crippen molar-refractivity contribution in [2.75, 3.05) is 0 Å². The van der Waals surface area contributed by atoms with E-state index in [1.165, 1.54) is 11.1 Å². The molecule has 0 aliphatic carbocycles. The zero-order valence-electron chi connectivity index (χ0n) is 8.91. The standard InChI is InChI=1S/C14H12.V/c1-11-8-12(2)10-14(9-11)13-6-4-3-5-7-13;/h3-6,8-9H,1-2H3;/q-2;+2. The Labute approximate surface area is 103 Å². The Bertz CT molecular complexity index is 412. The van der Waals surface area contributed by atoms with Crippen molar-refractivity contribution >= 4 is 0 Å². The third kappa shape index (κ3) is 2.99. The van der Waals surface area contributed by atoms with E-state index in [2.05, 4.69) is 44.2 Å². The molecule has 0 unspecified atom stereocenters. The van der Waals surface area contributed by atoms with E-state index in [4.69, 9.17) is 0 Å². The molecule has 0 atom stereocenters. The van der Waals surface area contributed by atoms with Crippen LogP contribution in [-0.2, 0) is 18.6 Å². The van der Waals surface area contributed by atoms with Crippen LogP contribution in [0.5, 0.6) is 0 Å². The van der Waals surface area contributed by atoms with Gasteiger partial charge in [0.2, 0.25) is 0 Å². The van der Waals surface area contributed by atoms with Crippen molar-refractivity contribution in [2.24, 2.45) is 0 Å². The Morgan fingerprint density at radius 3 is 2.40 bits per heavy atom. The van der Waals surface area contributed by atoms with E-state index in [9.17, 15) is 0 Å². The Balaban J connectivity index is 0.00000112. The molecule has 0 N–H and O–H groups in total. The van der Waals surface area contributed by atoms with E-state index >= 15 is 0 Å². The fourth-order valence-electron chi connectivity index (χ4n) is 1.60. The van der Waals surface area contributed by atoms with Gasteiger partial charge in [0.1, 0.15) is 0 Å². The summed E-state index contributed by atoms with van der Waals surface area (Å²) in [5.74, 6) is 0. The van der Waals surface area contributed by atoms with E-state index in [-0.39, 0.29) is 18.6 Å². The van der Waals surface area contributed by atoms with Crippen LogP contribution in [0.2, 0.25) is 0 Å². The molecule has 0 heterocycles. The quantitative estimate of drug-likeness (QED) is 0.658. The van der Waals surface area contributed by atoms with Gasteiger partial charge in [-0.3, -0.25) is 0 Å². The number of aryl methyl sites for hydroxylation is 2. The molecule has 73 valence electrons. The van der Waals surface area contributed by atoms with Crippen LogP contribution in [-0.4, -0.2) is 0 Å². The number of rotatable bonds is 1. The first-order valence-corrected chi connectivity index (χ1v) is 4.73. The van der Waals surface area contributed by atoms with Crippen molar-refractivity contribution in [3.63, 3.8) is 0 Å². The Morgan fingerprint density at radius 1 is 1.00 bits per heavy atom. The summed E-state index contributed by atoms with van der Waals surface area (Å²) in [5, 5.41) is 0. The first-order chi connectivity index (χ1) is 6.75. The van der Waals surface area contributed by atoms with Crippen LogP contribution in [0.15, 0.2) is 36.4 Å². The predicted molar refractivity (Wildman–Crippen MR) is 59.0 cm³/mol. The molecule has 0 amide bonds. The van der Waals surface area contributed by atoms with E-state index in [0.29, 0.717) is 0 Å². The van der Waals surface area contributed by atoms with Gasteiger partial charge in [-0.15, -0.1) is 23.3 Å². The first kappa shape index (κ1) is 12.1. The molecular weight excluding hydrogens is 219 g/mol. The average molecular weight is 231 g/mol. The van der Waals surface area contributed by atoms with Gasteiger partial charge < -0.3 is 0 Å². The van der Waals surface area contributed by atoms with Crippen LogP contribution in [0.3, 0.4) is 0 Å². The largest absolute Gasteiger partial charge is 2.00 e. The molecule has 0 aromatic heterocycles. The van der Waals surface area contributed by atoms with Crippen molar-refractivity contribution < 1.29 is 18.6 Å². The number of benzene rings is 2. The summed E-state index contributed by atoms with van der Waals surface area (Å²) in [6.45, 7) is 4.17. The van der Waals surface area contributed by atoms with Gasteiger partial charge in [-0.25, -0.2) is 11.1 Å². The van der Waals surface area contributed by atoms with Crippen LogP contribution < -0.4 is 0 Å². The molecule has 1 radical (unpaired) electrons. The average Bonchev–Trinajstić information content (AvgIpc) is 2.18. The molecule has 2 aromatic rings. The maximum atomic E-state index is 3.33. The molecule has 0 spiro atoms. The second-order valence-corrected chi connectivity index (χ2v) is 3.53. The van der Waals surface area contributed by atoms with Gasteiger partial charge in [0.15, 0.2) is 0 Å². The van der Waals surface area contributed by atoms with Gasteiger partial charge in [0.25, 0.3) is 0 Å². The van der Waals surface area contributed by atoms with Gasteiger partial charge >= 0.3 is 18.6 Å². The van der Waals surface area contributed by atoms with Crippen molar-refractivity contribution in [1.29, 1.82) is 0 Å². The summed E-state index contributed by atoms with van der Waals surface area (Å²) in [6.07, 6.45) is 0. The van der Waals surface area contributed by atoms with E-state index < -0.39 is 0 Å². The minimum Gasteiger partial charge on any atom is -0.226 e. The molecule has 0 fully saturated rings. The third-order valence-electron chi connectivity index (χ3n) is 2.15. The molecule has 1 heteroatoms. The zero-order chi connectivity index (χ0) is 9.97. The van der Waals surface area contributed by atoms with Crippen molar-refractivity contribution in [1.82, 2.24) is 0 Å². The van der Waals surface area contributed by atoms with E-state index in [1.54, 1.807) is 0 Å². The van der Waals surface area contributed by atoms with Crippen molar-refractivity contribution in [2.45, 2.75) is 13.8 Å². The minimum atomic E-state index is 0. The summed E-state index contributed by atoms with van der Waals surface area (Å²) in [6, 6.07) is 18.8. The number of hydrogen-bond donors (Lipinski definition) is 0. The number of hydrogen-bond acceptors (Lipinski definition) is 0. The van der Waals surface area contributed by atoms with Crippen molar-refractivity contribution in [3.05, 3.63) is 59.7 Å². The van der Waals surface area contributed by atoms with Gasteiger partial charge in [0.05, 0.1) is 0 Å². The molecule has 0 aliphatic heterocycles. The SMILES string of the molecule is Cc1[c-]c(-c2[c-]cccc2)cc(C)c1.[V+2]. The van der Waals surface area contributed by atoms with Crippen molar-refractivity contribution in [3.8, 4) is 11.1 Å². The summed E-state index contributed by atoms with van der Waals surface area (Å²) in [4.78, 5) is 0. The molecule has 0 aliphatic rings. The maximum absolute atomic E-state index is 3.33. The van der Waals surface area contributed by atoms with E-state index in [1.807, 2.05) is 18.2 Å². The predicted octanol–water partition coefficient (Wildman–Crippen LogP) is 3.57. The summed E-state index contributed by atoms with van der Waals surface area (Å²) >= 11 is 0. The summed E-state index contributed by atoms with van der Waals surface area (Å²) in [7, 11) is 0.